The zero-order valence-corrected chi connectivity index (χ0v) is 16.1. The van der Waals surface area contributed by atoms with Crippen LogP contribution in [0.5, 0.6) is 0 Å². The van der Waals surface area contributed by atoms with E-state index in [2.05, 4.69) is 24.1 Å². The number of amides is 2. The lowest BCUT2D eigenvalue weighted by Gasteiger charge is -2.45. The molecule has 3 fully saturated rings. The van der Waals surface area contributed by atoms with E-state index in [1.54, 1.807) is 17.0 Å². The molecule has 5 nitrogen and oxygen atoms in total. The van der Waals surface area contributed by atoms with Crippen molar-refractivity contribution in [3.05, 3.63) is 35.6 Å². The van der Waals surface area contributed by atoms with Crippen LogP contribution < -0.4 is 5.32 Å². The Morgan fingerprint density at radius 1 is 1.26 bits per heavy atom. The predicted molar refractivity (Wildman–Crippen MR) is 101 cm³/mol. The highest BCUT2D eigenvalue weighted by atomic mass is 19.1. The number of halogens is 1. The number of carbonyl (C=O) groups excluding carboxylic acids is 2. The predicted octanol–water partition coefficient (Wildman–Crippen LogP) is 2.77. The van der Waals surface area contributed by atoms with Gasteiger partial charge in [-0.1, -0.05) is 26.0 Å². The summed E-state index contributed by atoms with van der Waals surface area (Å²) in [5, 5.41) is 3.63. The topological polar surface area (TPSA) is 52.7 Å². The number of hydrogen-bond donors (Lipinski definition) is 1. The van der Waals surface area contributed by atoms with Gasteiger partial charge in [-0.05, 0) is 37.3 Å². The Morgan fingerprint density at radius 2 is 1.93 bits per heavy atom. The molecule has 1 spiro atoms. The van der Waals surface area contributed by atoms with Crippen molar-refractivity contribution in [1.29, 1.82) is 0 Å². The highest BCUT2D eigenvalue weighted by molar-refractivity contribution is 5.94. The van der Waals surface area contributed by atoms with E-state index < -0.39 is 5.82 Å². The van der Waals surface area contributed by atoms with Crippen LogP contribution in [0.4, 0.5) is 4.39 Å². The summed E-state index contributed by atoms with van der Waals surface area (Å²) in [6.45, 7) is 5.34. The van der Waals surface area contributed by atoms with Crippen molar-refractivity contribution in [3.8, 4) is 0 Å². The van der Waals surface area contributed by atoms with Crippen LogP contribution in [0.1, 0.15) is 56.3 Å². The number of carbonyl (C=O) groups is 2. The second kappa shape index (κ2) is 6.89. The lowest BCUT2D eigenvalue weighted by Crippen LogP contribution is -2.60. The van der Waals surface area contributed by atoms with Gasteiger partial charge in [0.15, 0.2) is 0 Å². The summed E-state index contributed by atoms with van der Waals surface area (Å²) in [6.07, 6.45) is 4.37. The zero-order valence-electron chi connectivity index (χ0n) is 16.1. The quantitative estimate of drug-likeness (QED) is 0.883. The molecule has 1 saturated carbocycles. The first-order chi connectivity index (χ1) is 12.9. The maximum Gasteiger partial charge on any atom is 0.256 e. The van der Waals surface area contributed by atoms with Gasteiger partial charge < -0.3 is 9.80 Å². The third kappa shape index (κ3) is 3.35. The molecule has 2 saturated heterocycles. The fourth-order valence-electron chi connectivity index (χ4n) is 4.60. The van der Waals surface area contributed by atoms with Gasteiger partial charge in [0.1, 0.15) is 5.82 Å². The van der Waals surface area contributed by atoms with Gasteiger partial charge in [0.05, 0.1) is 17.3 Å². The van der Waals surface area contributed by atoms with Crippen LogP contribution in [0.25, 0.3) is 0 Å². The Hall–Kier alpha value is -1.95. The van der Waals surface area contributed by atoms with E-state index in [4.69, 9.17) is 0 Å². The van der Waals surface area contributed by atoms with E-state index in [9.17, 15) is 14.0 Å². The second-order valence-corrected chi connectivity index (χ2v) is 8.57. The monoisotopic (exact) mass is 373 g/mol. The van der Waals surface area contributed by atoms with Crippen molar-refractivity contribution in [1.82, 2.24) is 15.1 Å². The lowest BCUT2D eigenvalue weighted by atomic mass is 9.95. The summed E-state index contributed by atoms with van der Waals surface area (Å²) in [5.41, 5.74) is -0.218. The van der Waals surface area contributed by atoms with Crippen molar-refractivity contribution < 1.29 is 14.0 Å². The smallest absolute Gasteiger partial charge is 0.256 e. The molecular weight excluding hydrogens is 345 g/mol. The Labute approximate surface area is 159 Å². The minimum Gasteiger partial charge on any atom is -0.338 e. The number of nitrogens with one attached hydrogen (secondary N) is 1. The van der Waals surface area contributed by atoms with Gasteiger partial charge >= 0.3 is 0 Å². The van der Waals surface area contributed by atoms with E-state index in [0.717, 1.165) is 19.3 Å². The fraction of sp³-hybridized carbons (Fsp3) is 0.619. The van der Waals surface area contributed by atoms with Crippen molar-refractivity contribution in [2.75, 3.05) is 13.1 Å². The number of piperidine rings is 1. The maximum absolute atomic E-state index is 14.0. The molecule has 27 heavy (non-hydrogen) atoms. The van der Waals surface area contributed by atoms with Crippen LogP contribution >= 0.6 is 0 Å². The molecule has 0 bridgehead atoms. The molecule has 0 aromatic heterocycles. The molecule has 1 N–H and O–H groups in total. The van der Waals surface area contributed by atoms with Crippen molar-refractivity contribution in [2.24, 2.45) is 5.92 Å². The number of rotatable bonds is 4. The van der Waals surface area contributed by atoms with Gasteiger partial charge in [0, 0.05) is 32.0 Å². The van der Waals surface area contributed by atoms with Gasteiger partial charge in [-0.3, -0.25) is 14.9 Å². The second-order valence-electron chi connectivity index (χ2n) is 8.57. The fourth-order valence-corrected chi connectivity index (χ4v) is 4.60. The van der Waals surface area contributed by atoms with Gasteiger partial charge in [0.25, 0.3) is 5.91 Å². The third-order valence-electron chi connectivity index (χ3n) is 6.04. The molecule has 146 valence electrons. The van der Waals surface area contributed by atoms with Crippen LogP contribution in [0.2, 0.25) is 0 Å². The SMILES string of the molecule is CC(C)C[C@@H]1NC2(CCN(C(=O)c3ccccc3F)CC2)N(C2CC2)C1=O. The van der Waals surface area contributed by atoms with Gasteiger partial charge in [-0.15, -0.1) is 0 Å². The molecule has 2 heterocycles. The normalized spacial score (nSPS) is 24.9. The van der Waals surface area contributed by atoms with Gasteiger partial charge in [-0.2, -0.15) is 0 Å². The van der Waals surface area contributed by atoms with E-state index in [1.165, 1.54) is 12.1 Å². The molecule has 0 unspecified atom stereocenters. The Morgan fingerprint density at radius 3 is 2.52 bits per heavy atom. The van der Waals surface area contributed by atoms with Gasteiger partial charge in [0.2, 0.25) is 5.91 Å². The Balaban J connectivity index is 1.49. The summed E-state index contributed by atoms with van der Waals surface area (Å²) in [4.78, 5) is 29.5. The Kier molecular flexibility index (Phi) is 4.70. The maximum atomic E-state index is 14.0. The van der Waals surface area contributed by atoms with Crippen molar-refractivity contribution in [3.63, 3.8) is 0 Å². The zero-order chi connectivity index (χ0) is 19.2. The molecule has 1 aromatic carbocycles. The molecular formula is C21H28FN3O2. The molecule has 1 aromatic rings. The number of hydrogen-bond acceptors (Lipinski definition) is 3. The molecule has 2 aliphatic heterocycles. The average Bonchev–Trinajstić information content (AvgIpc) is 3.42. The summed E-state index contributed by atoms with van der Waals surface area (Å²) in [7, 11) is 0. The van der Waals surface area contributed by atoms with Gasteiger partial charge in [-0.25, -0.2) is 4.39 Å². The van der Waals surface area contributed by atoms with E-state index in [0.29, 0.717) is 37.9 Å². The lowest BCUT2D eigenvalue weighted by molar-refractivity contribution is -0.134. The number of benzene rings is 1. The Bertz CT molecular complexity index is 739. The van der Waals surface area contributed by atoms with Crippen molar-refractivity contribution in [2.45, 2.75) is 63.7 Å². The first kappa shape index (κ1) is 18.4. The summed E-state index contributed by atoms with van der Waals surface area (Å²) in [5.74, 6) is -0.0667. The van der Waals surface area contributed by atoms with Crippen LogP contribution in [-0.2, 0) is 4.79 Å². The van der Waals surface area contributed by atoms with Crippen molar-refractivity contribution >= 4 is 11.8 Å². The van der Waals surface area contributed by atoms with Crippen LogP contribution in [0.3, 0.4) is 0 Å². The molecule has 1 atom stereocenters. The minimum absolute atomic E-state index is 0.126. The molecule has 4 rings (SSSR count). The first-order valence-corrected chi connectivity index (χ1v) is 10.1. The largest absolute Gasteiger partial charge is 0.338 e. The van der Waals surface area contributed by atoms with Crippen LogP contribution in [0, 0.1) is 11.7 Å². The highest BCUT2D eigenvalue weighted by Gasteiger charge is 2.56. The van der Waals surface area contributed by atoms with E-state index in [-0.39, 0.29) is 29.1 Å². The standard InChI is InChI=1S/C21H28FN3O2/c1-14(2)13-18-20(27)25(15-7-8-15)21(23-18)9-11-24(12-10-21)19(26)16-5-3-4-6-17(16)22/h3-6,14-15,18,23H,7-13H2,1-2H3/t18-/m0/s1. The molecule has 3 aliphatic rings. The van der Waals surface area contributed by atoms with Crippen LogP contribution in [-0.4, -0.2) is 52.5 Å². The molecule has 0 radical (unpaired) electrons. The summed E-state index contributed by atoms with van der Waals surface area (Å²) >= 11 is 0. The number of likely N-dealkylation sites (tertiary alicyclic amines) is 1. The summed E-state index contributed by atoms with van der Waals surface area (Å²) in [6, 6.07) is 6.35. The summed E-state index contributed by atoms with van der Waals surface area (Å²) < 4.78 is 14.0. The highest BCUT2D eigenvalue weighted by Crippen LogP contribution is 2.42. The number of nitrogens with zero attached hydrogens (tertiary/aromatic N) is 2. The van der Waals surface area contributed by atoms with E-state index >= 15 is 0 Å². The molecule has 6 heteroatoms. The molecule has 1 aliphatic carbocycles. The molecule has 2 amide bonds. The minimum atomic E-state index is -0.478. The average molecular weight is 373 g/mol. The van der Waals surface area contributed by atoms with E-state index in [1.807, 2.05) is 0 Å². The first-order valence-electron chi connectivity index (χ1n) is 10.1. The third-order valence-corrected chi connectivity index (χ3v) is 6.04. The van der Waals surface area contributed by atoms with Crippen LogP contribution in [0.15, 0.2) is 24.3 Å².